The Kier molecular flexibility index (Phi) is 3.28. The number of carbonyl (C=O) groups excluding carboxylic acids is 1. The molecule has 1 saturated carbocycles. The van der Waals surface area contributed by atoms with E-state index in [1.807, 2.05) is 0 Å². The van der Waals surface area contributed by atoms with Crippen LogP contribution in [0, 0.1) is 12.3 Å². The molecule has 0 spiro atoms. The van der Waals surface area contributed by atoms with Crippen LogP contribution in [-0.2, 0) is 11.2 Å². The van der Waals surface area contributed by atoms with Crippen molar-refractivity contribution >= 4 is 5.78 Å². The maximum atomic E-state index is 12.3. The van der Waals surface area contributed by atoms with Gasteiger partial charge in [-0.2, -0.15) is 0 Å². The minimum atomic E-state index is 0.0930. The van der Waals surface area contributed by atoms with Gasteiger partial charge in [-0.15, -0.1) is 0 Å². The summed E-state index contributed by atoms with van der Waals surface area (Å²) in [7, 11) is 0. The highest BCUT2D eigenvalue weighted by atomic mass is 16.5. The number of aryl methyl sites for hydroxylation is 1. The maximum absolute atomic E-state index is 12.3. The third-order valence-corrected chi connectivity index (χ3v) is 4.76. The fourth-order valence-corrected chi connectivity index (χ4v) is 3.80. The Morgan fingerprint density at radius 2 is 2.05 bits per heavy atom. The molecule has 110 valence electrons. The Balaban J connectivity index is 1.88. The van der Waals surface area contributed by atoms with Crippen molar-refractivity contribution in [2.45, 2.75) is 65.5 Å². The van der Waals surface area contributed by atoms with E-state index < -0.39 is 0 Å². The monoisotopic (exact) mass is 275 g/mol. The average Bonchev–Trinajstić information content (AvgIpc) is 2.59. The molecule has 1 heterocycles. The van der Waals surface area contributed by atoms with Crippen molar-refractivity contribution in [1.29, 1.82) is 0 Å². The van der Waals surface area contributed by atoms with E-state index in [0.29, 0.717) is 24.3 Å². The predicted molar refractivity (Wildman–Crippen MR) is 79.3 cm³/mol. The third-order valence-electron chi connectivity index (χ3n) is 4.76. The van der Waals surface area contributed by atoms with E-state index in [1.54, 1.807) is 0 Å². The number of hydrogen-bond acceptors (Lipinski definition) is 2. The summed E-state index contributed by atoms with van der Waals surface area (Å²) < 4.78 is 8.09. The molecule has 20 heavy (non-hydrogen) atoms. The van der Waals surface area contributed by atoms with Gasteiger partial charge in [0.2, 0.25) is 0 Å². The molecule has 3 rings (SSSR count). The second kappa shape index (κ2) is 4.73. The van der Waals surface area contributed by atoms with Crippen molar-refractivity contribution in [2.24, 2.45) is 5.41 Å². The van der Waals surface area contributed by atoms with E-state index in [-0.39, 0.29) is 5.41 Å². The third kappa shape index (κ3) is 2.22. The number of Topliss-reactive ketones (excluding diaryl/α,β-unsaturated/α-hetero) is 1. The molecule has 1 aromatic rings. The molecular weight excluding hydrogens is 250 g/mol. The highest BCUT2D eigenvalue weighted by Gasteiger charge is 2.38. The Labute approximate surface area is 121 Å². The van der Waals surface area contributed by atoms with Crippen LogP contribution in [0.15, 0.2) is 6.07 Å². The lowest BCUT2D eigenvalue weighted by Crippen LogP contribution is -2.36. The van der Waals surface area contributed by atoms with Crippen LogP contribution in [0.5, 0.6) is 0 Å². The van der Waals surface area contributed by atoms with E-state index in [1.165, 1.54) is 11.4 Å². The van der Waals surface area contributed by atoms with Gasteiger partial charge in [0.1, 0.15) is 0 Å². The summed E-state index contributed by atoms with van der Waals surface area (Å²) in [6, 6.07) is 2.62. The Morgan fingerprint density at radius 1 is 1.35 bits per heavy atom. The number of hydrogen-bond donors (Lipinski definition) is 0. The summed E-state index contributed by atoms with van der Waals surface area (Å²) >= 11 is 0. The van der Waals surface area contributed by atoms with E-state index in [0.717, 1.165) is 31.4 Å². The molecule has 0 radical (unpaired) electrons. The molecule has 1 aromatic heterocycles. The van der Waals surface area contributed by atoms with Crippen LogP contribution in [-0.4, -0.2) is 23.1 Å². The minimum absolute atomic E-state index is 0.0930. The number of rotatable bonds is 3. The van der Waals surface area contributed by atoms with Gasteiger partial charge in [-0.1, -0.05) is 13.8 Å². The molecule has 0 aliphatic heterocycles. The lowest BCUT2D eigenvalue weighted by Gasteiger charge is -2.39. The van der Waals surface area contributed by atoms with Crippen LogP contribution in [0.2, 0.25) is 0 Å². The molecule has 0 aromatic carbocycles. The van der Waals surface area contributed by atoms with Gasteiger partial charge >= 0.3 is 0 Å². The van der Waals surface area contributed by atoms with Gasteiger partial charge < -0.3 is 9.30 Å². The highest BCUT2D eigenvalue weighted by Crippen LogP contribution is 2.42. The lowest BCUT2D eigenvalue weighted by atomic mass is 9.76. The van der Waals surface area contributed by atoms with Gasteiger partial charge in [0.25, 0.3) is 0 Å². The standard InChI is InChI=1S/C17H25NO2/c1-5-20-13-7-12(8-13)18-11(2)6-14-15(18)9-17(3,4)10-16(14)19/h6,12-13H,5,7-10H2,1-4H3. The second-order valence-electron chi connectivity index (χ2n) is 7.16. The summed E-state index contributed by atoms with van der Waals surface area (Å²) in [5.74, 6) is 0.318. The van der Waals surface area contributed by atoms with E-state index >= 15 is 0 Å². The number of aromatic nitrogens is 1. The first-order valence-electron chi connectivity index (χ1n) is 7.77. The van der Waals surface area contributed by atoms with Crippen molar-refractivity contribution in [3.63, 3.8) is 0 Å². The number of fused-ring (bicyclic) bond motifs is 1. The van der Waals surface area contributed by atoms with Crippen molar-refractivity contribution in [2.75, 3.05) is 6.61 Å². The zero-order chi connectivity index (χ0) is 14.5. The number of ketones is 1. The van der Waals surface area contributed by atoms with Crippen LogP contribution in [0.4, 0.5) is 0 Å². The summed E-state index contributed by atoms with van der Waals surface area (Å²) in [5, 5.41) is 0. The number of nitrogens with zero attached hydrogens (tertiary/aromatic N) is 1. The molecule has 2 aliphatic carbocycles. The van der Waals surface area contributed by atoms with Gasteiger partial charge in [-0.05, 0) is 44.6 Å². The van der Waals surface area contributed by atoms with Crippen LogP contribution in [0.25, 0.3) is 0 Å². The summed E-state index contributed by atoms with van der Waals surface area (Å²) in [6.45, 7) is 9.38. The normalized spacial score (nSPS) is 28.1. The molecular formula is C17H25NO2. The van der Waals surface area contributed by atoms with Crippen molar-refractivity contribution in [1.82, 2.24) is 4.57 Å². The maximum Gasteiger partial charge on any atom is 0.165 e. The van der Waals surface area contributed by atoms with Crippen LogP contribution in [0.1, 0.15) is 67.8 Å². The molecule has 2 aliphatic rings. The first-order valence-corrected chi connectivity index (χ1v) is 7.77. The Bertz CT molecular complexity index is 535. The zero-order valence-electron chi connectivity index (χ0n) is 13.0. The van der Waals surface area contributed by atoms with Crippen molar-refractivity contribution in [3.05, 3.63) is 23.0 Å². The summed E-state index contributed by atoms with van der Waals surface area (Å²) in [5.41, 5.74) is 3.57. The first kappa shape index (κ1) is 13.9. The minimum Gasteiger partial charge on any atom is -0.378 e. The smallest absolute Gasteiger partial charge is 0.165 e. The largest absolute Gasteiger partial charge is 0.378 e. The number of carbonyl (C=O) groups is 1. The SMILES string of the molecule is CCOC1CC(n2c(C)cc3c2CC(C)(C)CC3=O)C1. The molecule has 0 bridgehead atoms. The topological polar surface area (TPSA) is 31.2 Å². The van der Waals surface area contributed by atoms with Crippen LogP contribution in [0.3, 0.4) is 0 Å². The van der Waals surface area contributed by atoms with Crippen molar-refractivity contribution in [3.8, 4) is 0 Å². The molecule has 0 unspecified atom stereocenters. The van der Waals surface area contributed by atoms with E-state index in [2.05, 4.69) is 38.3 Å². The predicted octanol–water partition coefficient (Wildman–Crippen LogP) is 3.69. The van der Waals surface area contributed by atoms with Gasteiger partial charge in [-0.25, -0.2) is 0 Å². The van der Waals surface area contributed by atoms with Gasteiger partial charge in [0, 0.05) is 36.0 Å². The Hall–Kier alpha value is -1.09. The molecule has 3 nitrogen and oxygen atoms in total. The molecule has 0 atom stereocenters. The van der Waals surface area contributed by atoms with Crippen molar-refractivity contribution < 1.29 is 9.53 Å². The highest BCUT2D eigenvalue weighted by molar-refractivity contribution is 5.99. The van der Waals surface area contributed by atoms with Gasteiger partial charge in [0.15, 0.2) is 5.78 Å². The van der Waals surface area contributed by atoms with Crippen LogP contribution >= 0.6 is 0 Å². The fourth-order valence-electron chi connectivity index (χ4n) is 3.80. The Morgan fingerprint density at radius 3 is 2.70 bits per heavy atom. The quantitative estimate of drug-likeness (QED) is 0.842. The number of ether oxygens (including phenoxy) is 1. The molecule has 3 heteroatoms. The first-order chi connectivity index (χ1) is 9.41. The van der Waals surface area contributed by atoms with Crippen LogP contribution < -0.4 is 0 Å². The summed E-state index contributed by atoms with van der Waals surface area (Å²) in [4.78, 5) is 12.3. The summed E-state index contributed by atoms with van der Waals surface area (Å²) in [6.07, 6.45) is 4.28. The van der Waals surface area contributed by atoms with Gasteiger partial charge in [0.05, 0.1) is 6.10 Å². The lowest BCUT2D eigenvalue weighted by molar-refractivity contribution is -0.0209. The fraction of sp³-hybridized carbons (Fsp3) is 0.706. The molecule has 0 saturated heterocycles. The second-order valence-corrected chi connectivity index (χ2v) is 7.16. The molecule has 0 amide bonds. The zero-order valence-corrected chi connectivity index (χ0v) is 13.0. The average molecular weight is 275 g/mol. The van der Waals surface area contributed by atoms with E-state index in [4.69, 9.17) is 4.74 Å². The van der Waals surface area contributed by atoms with E-state index in [9.17, 15) is 4.79 Å². The molecule has 0 N–H and O–H groups in total. The molecule has 1 fully saturated rings. The van der Waals surface area contributed by atoms with Gasteiger partial charge in [-0.3, -0.25) is 4.79 Å².